The lowest BCUT2D eigenvalue weighted by Gasteiger charge is -2.41. The van der Waals surface area contributed by atoms with E-state index in [1.54, 1.807) is 33.1 Å². The molecule has 234 valence electrons. The highest BCUT2D eigenvalue weighted by atomic mass is 31.1. The third kappa shape index (κ3) is 6.00. The SMILES string of the molecule is c1ccc2c(COc3ccc4c(c3-c3c(P(C5CCCCC5)C5CCCCC5)ccc5c3CCCC5)CCCC4)cccc2c1. The second-order valence-corrected chi connectivity index (χ2v) is 17.3. The molecule has 4 aliphatic carbocycles. The van der Waals surface area contributed by atoms with Crippen LogP contribution in [0.3, 0.4) is 0 Å². The van der Waals surface area contributed by atoms with Crippen LogP contribution in [0.5, 0.6) is 5.75 Å². The van der Waals surface area contributed by atoms with Crippen molar-refractivity contribution in [3.05, 3.63) is 94.5 Å². The van der Waals surface area contributed by atoms with E-state index in [4.69, 9.17) is 4.74 Å². The molecule has 4 aromatic rings. The lowest BCUT2D eigenvalue weighted by molar-refractivity contribution is 0.308. The normalized spacial score (nSPS) is 19.4. The Morgan fingerprint density at radius 2 is 1.13 bits per heavy atom. The molecule has 0 heterocycles. The van der Waals surface area contributed by atoms with Gasteiger partial charge in [0.25, 0.3) is 0 Å². The molecule has 4 aliphatic rings. The maximum atomic E-state index is 7.08. The summed E-state index contributed by atoms with van der Waals surface area (Å²) in [5, 5.41) is 4.39. The van der Waals surface area contributed by atoms with Crippen molar-refractivity contribution in [3.63, 3.8) is 0 Å². The average Bonchev–Trinajstić information content (AvgIpc) is 3.11. The zero-order valence-corrected chi connectivity index (χ0v) is 28.2. The summed E-state index contributed by atoms with van der Waals surface area (Å²) in [5.41, 5.74) is 12.8. The van der Waals surface area contributed by atoms with Gasteiger partial charge < -0.3 is 4.74 Å². The summed E-state index contributed by atoms with van der Waals surface area (Å²) in [6.45, 7) is 0.623. The summed E-state index contributed by atoms with van der Waals surface area (Å²) in [6, 6.07) is 25.6. The summed E-state index contributed by atoms with van der Waals surface area (Å²) in [5.74, 6) is 1.14. The number of hydrogen-bond acceptors (Lipinski definition) is 1. The second kappa shape index (κ2) is 13.6. The van der Waals surface area contributed by atoms with Crippen LogP contribution >= 0.6 is 7.92 Å². The maximum absolute atomic E-state index is 7.08. The van der Waals surface area contributed by atoms with Gasteiger partial charge in [-0.15, -0.1) is 0 Å². The summed E-state index contributed by atoms with van der Waals surface area (Å²) >= 11 is 0. The molecular weight excluding hydrogens is 563 g/mol. The van der Waals surface area contributed by atoms with E-state index in [-0.39, 0.29) is 7.92 Å². The molecule has 8 rings (SSSR count). The monoisotopic (exact) mass is 614 g/mol. The van der Waals surface area contributed by atoms with Crippen LogP contribution in [0.15, 0.2) is 66.7 Å². The molecule has 0 saturated heterocycles. The molecule has 0 bridgehead atoms. The molecule has 45 heavy (non-hydrogen) atoms. The summed E-state index contributed by atoms with van der Waals surface area (Å²) in [7, 11) is -0.210. The predicted octanol–water partition coefficient (Wildman–Crippen LogP) is 11.6. The molecular formula is C43H51OP. The zero-order valence-electron chi connectivity index (χ0n) is 27.3. The fourth-order valence-electron chi connectivity index (χ4n) is 9.49. The number of hydrogen-bond donors (Lipinski definition) is 0. The van der Waals surface area contributed by atoms with Gasteiger partial charge in [-0.3, -0.25) is 0 Å². The molecule has 0 aliphatic heterocycles. The molecule has 0 radical (unpaired) electrons. The fraction of sp³-hybridized carbons (Fsp3) is 0.488. The Kier molecular flexibility index (Phi) is 9.00. The number of ether oxygens (including phenoxy) is 1. The van der Waals surface area contributed by atoms with Gasteiger partial charge in [0, 0.05) is 5.56 Å². The van der Waals surface area contributed by atoms with Gasteiger partial charge >= 0.3 is 0 Å². The average molecular weight is 615 g/mol. The van der Waals surface area contributed by atoms with Gasteiger partial charge in [-0.2, -0.15) is 0 Å². The Morgan fingerprint density at radius 1 is 0.533 bits per heavy atom. The summed E-state index contributed by atoms with van der Waals surface area (Å²) in [4.78, 5) is 0. The molecule has 0 atom stereocenters. The summed E-state index contributed by atoms with van der Waals surface area (Å²) in [6.07, 6.45) is 24.7. The predicted molar refractivity (Wildman–Crippen MR) is 194 cm³/mol. The Balaban J connectivity index is 1.30. The fourth-order valence-corrected chi connectivity index (χ4v) is 13.5. The van der Waals surface area contributed by atoms with Gasteiger partial charge in [-0.25, -0.2) is 0 Å². The quantitative estimate of drug-likeness (QED) is 0.188. The first-order valence-corrected chi connectivity index (χ1v) is 20.0. The molecule has 0 unspecified atom stereocenters. The van der Waals surface area contributed by atoms with Crippen molar-refractivity contribution < 1.29 is 4.74 Å². The van der Waals surface area contributed by atoms with Gasteiger partial charge in [-0.05, 0) is 144 Å². The lowest BCUT2D eigenvalue weighted by Crippen LogP contribution is -2.28. The van der Waals surface area contributed by atoms with E-state index in [1.807, 2.05) is 0 Å². The third-order valence-electron chi connectivity index (χ3n) is 11.7. The summed E-state index contributed by atoms with van der Waals surface area (Å²) < 4.78 is 7.08. The first kappa shape index (κ1) is 29.8. The van der Waals surface area contributed by atoms with Crippen molar-refractivity contribution in [2.24, 2.45) is 0 Å². The molecule has 1 nitrogen and oxygen atoms in total. The molecule has 0 spiro atoms. The first-order valence-electron chi connectivity index (χ1n) is 18.5. The van der Waals surface area contributed by atoms with E-state index in [0.717, 1.165) is 17.1 Å². The minimum Gasteiger partial charge on any atom is -0.488 e. The van der Waals surface area contributed by atoms with Gasteiger partial charge in [0.1, 0.15) is 12.4 Å². The molecule has 0 aromatic heterocycles. The molecule has 0 amide bonds. The number of benzene rings is 4. The van der Waals surface area contributed by atoms with E-state index < -0.39 is 0 Å². The van der Waals surface area contributed by atoms with Crippen LogP contribution in [0.1, 0.15) is 118 Å². The smallest absolute Gasteiger partial charge is 0.127 e. The molecule has 4 aromatic carbocycles. The highest BCUT2D eigenvalue weighted by Crippen LogP contribution is 2.58. The van der Waals surface area contributed by atoms with Crippen molar-refractivity contribution in [1.29, 1.82) is 0 Å². The topological polar surface area (TPSA) is 9.23 Å². The number of aryl methyl sites for hydroxylation is 2. The molecule has 0 N–H and O–H groups in total. The van der Waals surface area contributed by atoms with Crippen molar-refractivity contribution in [1.82, 2.24) is 0 Å². The van der Waals surface area contributed by atoms with E-state index in [0.29, 0.717) is 6.61 Å². The molecule has 2 heteroatoms. The number of rotatable bonds is 7. The van der Waals surface area contributed by atoms with Crippen LogP contribution in [-0.4, -0.2) is 11.3 Å². The van der Waals surface area contributed by atoms with Crippen molar-refractivity contribution in [2.45, 2.75) is 133 Å². The van der Waals surface area contributed by atoms with Crippen molar-refractivity contribution in [3.8, 4) is 16.9 Å². The standard InChI is InChI=1S/C43H51OP/c1-3-19-35(20-4-1)45(36-21-5-2-6-22-36)41-29-27-33-16-9-12-25-39(33)43(41)42-38-24-11-8-15-32(38)26-28-40(42)44-30-34-18-13-17-31-14-7-10-23-37(31)34/h7,10,13-14,17-18,23,26-29,35-36H,1-6,8-9,11-12,15-16,19-22,24-25,30H2. The maximum Gasteiger partial charge on any atom is 0.127 e. The van der Waals surface area contributed by atoms with Crippen LogP contribution in [0.4, 0.5) is 0 Å². The minimum atomic E-state index is -0.210. The molecule has 2 saturated carbocycles. The highest BCUT2D eigenvalue weighted by Gasteiger charge is 2.36. The van der Waals surface area contributed by atoms with E-state index in [2.05, 4.69) is 66.7 Å². The van der Waals surface area contributed by atoms with Crippen LogP contribution < -0.4 is 10.0 Å². The van der Waals surface area contributed by atoms with Crippen LogP contribution in [-0.2, 0) is 32.3 Å². The Morgan fingerprint density at radius 3 is 1.84 bits per heavy atom. The highest BCUT2D eigenvalue weighted by molar-refractivity contribution is 7.67. The third-order valence-corrected chi connectivity index (χ3v) is 15.3. The van der Waals surface area contributed by atoms with E-state index >= 15 is 0 Å². The van der Waals surface area contributed by atoms with Gasteiger partial charge in [0.05, 0.1) is 0 Å². The van der Waals surface area contributed by atoms with Gasteiger partial charge in [0.2, 0.25) is 0 Å². The minimum absolute atomic E-state index is 0.210. The Labute approximate surface area is 272 Å². The van der Waals surface area contributed by atoms with Crippen LogP contribution in [0.2, 0.25) is 0 Å². The second-order valence-electron chi connectivity index (χ2n) is 14.5. The van der Waals surface area contributed by atoms with Gasteiger partial charge in [-0.1, -0.05) is 107 Å². The van der Waals surface area contributed by atoms with E-state index in [1.165, 1.54) is 137 Å². The largest absolute Gasteiger partial charge is 0.488 e. The van der Waals surface area contributed by atoms with Crippen molar-refractivity contribution >= 4 is 24.0 Å². The van der Waals surface area contributed by atoms with Crippen LogP contribution in [0.25, 0.3) is 21.9 Å². The van der Waals surface area contributed by atoms with E-state index in [9.17, 15) is 0 Å². The lowest BCUT2D eigenvalue weighted by atomic mass is 9.80. The zero-order chi connectivity index (χ0) is 30.0. The Hall–Kier alpha value is -2.63. The van der Waals surface area contributed by atoms with Crippen LogP contribution in [0, 0.1) is 0 Å². The van der Waals surface area contributed by atoms with Crippen molar-refractivity contribution in [2.75, 3.05) is 0 Å². The first-order chi connectivity index (χ1) is 22.3. The number of fused-ring (bicyclic) bond motifs is 3. The Bertz CT molecular complexity index is 1620. The molecule has 2 fully saturated rings. The van der Waals surface area contributed by atoms with Gasteiger partial charge in [0.15, 0.2) is 0 Å².